The molecule has 2 fully saturated rings. The molecule has 1 aromatic carbocycles. The standard InChI is InChI=1S/C26H31N5O2/c1-18-6-5-7-22(27-18)26(33)28-24-14-20-16-31(21-10-8-19(17-32)9-11-21)29-23(20)15-25(24)30-12-3-2-4-13-30/h5-7,14-17,19,21H,2-4,8-13H2,1H3,(H,28,33). The van der Waals surface area contributed by atoms with Gasteiger partial charge in [0.15, 0.2) is 0 Å². The first-order valence-corrected chi connectivity index (χ1v) is 12.1. The Bertz CT molecular complexity index is 1160. The predicted molar refractivity (Wildman–Crippen MR) is 130 cm³/mol. The second-order valence-corrected chi connectivity index (χ2v) is 9.41. The van der Waals surface area contributed by atoms with Crippen molar-refractivity contribution >= 4 is 34.5 Å². The third kappa shape index (κ3) is 4.63. The van der Waals surface area contributed by atoms with Crippen LogP contribution in [0, 0.1) is 12.8 Å². The molecule has 5 rings (SSSR count). The van der Waals surface area contributed by atoms with Crippen LogP contribution in [-0.4, -0.2) is 40.0 Å². The van der Waals surface area contributed by atoms with Gasteiger partial charge in [-0.3, -0.25) is 9.48 Å². The van der Waals surface area contributed by atoms with Crippen molar-refractivity contribution < 1.29 is 9.59 Å². The fraction of sp³-hybridized carbons (Fsp3) is 0.462. The number of aryl methyl sites for hydroxylation is 1. The summed E-state index contributed by atoms with van der Waals surface area (Å²) in [4.78, 5) is 30.9. The normalized spacial score (nSPS) is 21.2. The second kappa shape index (κ2) is 9.33. The van der Waals surface area contributed by atoms with Gasteiger partial charge in [0.2, 0.25) is 0 Å². The number of hydrogen-bond acceptors (Lipinski definition) is 5. The Morgan fingerprint density at radius 1 is 1.09 bits per heavy atom. The van der Waals surface area contributed by atoms with Crippen LogP contribution in [0.2, 0.25) is 0 Å². The Morgan fingerprint density at radius 3 is 2.61 bits per heavy atom. The van der Waals surface area contributed by atoms with Gasteiger partial charge in [0.05, 0.1) is 22.9 Å². The lowest BCUT2D eigenvalue weighted by Crippen LogP contribution is -2.30. The topological polar surface area (TPSA) is 80.1 Å². The molecule has 1 aliphatic heterocycles. The molecule has 1 aliphatic carbocycles. The first kappa shape index (κ1) is 21.6. The minimum absolute atomic E-state index is 0.189. The largest absolute Gasteiger partial charge is 0.370 e. The molecule has 3 heterocycles. The molecule has 1 saturated heterocycles. The molecule has 1 N–H and O–H groups in total. The molecule has 0 radical (unpaired) electrons. The molecule has 2 aliphatic rings. The van der Waals surface area contributed by atoms with E-state index >= 15 is 0 Å². The van der Waals surface area contributed by atoms with Crippen molar-refractivity contribution in [1.29, 1.82) is 0 Å². The number of pyridine rings is 1. The maximum Gasteiger partial charge on any atom is 0.274 e. The lowest BCUT2D eigenvalue weighted by Gasteiger charge is -2.30. The molecule has 3 aromatic rings. The highest BCUT2D eigenvalue weighted by Gasteiger charge is 2.24. The molecule has 0 spiro atoms. The van der Waals surface area contributed by atoms with E-state index in [1.807, 2.05) is 25.1 Å². The molecular formula is C26H31N5O2. The van der Waals surface area contributed by atoms with Crippen molar-refractivity contribution in [3.63, 3.8) is 0 Å². The van der Waals surface area contributed by atoms with E-state index in [9.17, 15) is 9.59 Å². The van der Waals surface area contributed by atoms with Crippen LogP contribution in [0.5, 0.6) is 0 Å². The van der Waals surface area contributed by atoms with Crippen LogP contribution >= 0.6 is 0 Å². The fourth-order valence-corrected chi connectivity index (χ4v) is 5.12. The van der Waals surface area contributed by atoms with Crippen molar-refractivity contribution in [2.45, 2.75) is 57.9 Å². The molecule has 7 nitrogen and oxygen atoms in total. The lowest BCUT2D eigenvalue weighted by atomic mass is 9.87. The third-order valence-electron chi connectivity index (χ3n) is 7.01. The zero-order valence-corrected chi connectivity index (χ0v) is 19.2. The molecule has 1 saturated carbocycles. The summed E-state index contributed by atoms with van der Waals surface area (Å²) in [7, 11) is 0. The van der Waals surface area contributed by atoms with E-state index < -0.39 is 0 Å². The first-order valence-electron chi connectivity index (χ1n) is 12.1. The molecule has 0 atom stereocenters. The Kier molecular flexibility index (Phi) is 6.11. The van der Waals surface area contributed by atoms with Gasteiger partial charge in [0, 0.05) is 36.3 Å². The van der Waals surface area contributed by atoms with Crippen molar-refractivity contribution in [2.24, 2.45) is 5.92 Å². The van der Waals surface area contributed by atoms with Gasteiger partial charge in [0.25, 0.3) is 5.91 Å². The molecule has 1 amide bonds. The Balaban J connectivity index is 1.47. The van der Waals surface area contributed by atoms with Gasteiger partial charge >= 0.3 is 0 Å². The molecular weight excluding hydrogens is 414 g/mol. The Labute approximate surface area is 194 Å². The molecule has 0 unspecified atom stereocenters. The molecule has 33 heavy (non-hydrogen) atoms. The quantitative estimate of drug-likeness (QED) is 0.564. The number of fused-ring (bicyclic) bond motifs is 1. The maximum atomic E-state index is 13.0. The number of rotatable bonds is 5. The monoisotopic (exact) mass is 445 g/mol. The molecule has 2 aromatic heterocycles. The van der Waals surface area contributed by atoms with Crippen LogP contribution in [0.25, 0.3) is 10.9 Å². The summed E-state index contributed by atoms with van der Waals surface area (Å²) in [6, 6.07) is 9.98. The van der Waals surface area contributed by atoms with Crippen molar-refractivity contribution in [2.75, 3.05) is 23.3 Å². The minimum Gasteiger partial charge on any atom is -0.370 e. The summed E-state index contributed by atoms with van der Waals surface area (Å²) >= 11 is 0. The number of carbonyl (C=O) groups excluding carboxylic acids is 2. The summed E-state index contributed by atoms with van der Waals surface area (Å²) in [5, 5.41) is 9.05. The highest BCUT2D eigenvalue weighted by atomic mass is 16.1. The summed E-state index contributed by atoms with van der Waals surface area (Å²) < 4.78 is 2.07. The van der Waals surface area contributed by atoms with Crippen LogP contribution in [0.1, 0.15) is 67.2 Å². The summed E-state index contributed by atoms with van der Waals surface area (Å²) in [6.07, 6.45) is 10.5. The summed E-state index contributed by atoms with van der Waals surface area (Å²) in [5.41, 5.74) is 4.02. The average Bonchev–Trinajstić information content (AvgIpc) is 3.27. The number of anilines is 2. The van der Waals surface area contributed by atoms with E-state index in [1.54, 1.807) is 6.07 Å². The molecule has 172 valence electrons. The van der Waals surface area contributed by atoms with Gasteiger partial charge in [-0.1, -0.05) is 6.07 Å². The van der Waals surface area contributed by atoms with E-state index in [0.29, 0.717) is 11.7 Å². The second-order valence-electron chi connectivity index (χ2n) is 9.41. The van der Waals surface area contributed by atoms with Gasteiger partial charge < -0.3 is 15.0 Å². The van der Waals surface area contributed by atoms with E-state index in [0.717, 1.165) is 85.9 Å². The number of benzene rings is 1. The number of amides is 1. The molecule has 7 heteroatoms. The van der Waals surface area contributed by atoms with Crippen LogP contribution < -0.4 is 10.2 Å². The Hall–Kier alpha value is -3.22. The zero-order valence-electron chi connectivity index (χ0n) is 19.2. The van der Waals surface area contributed by atoms with Gasteiger partial charge in [-0.2, -0.15) is 5.10 Å². The van der Waals surface area contributed by atoms with Crippen LogP contribution in [0.3, 0.4) is 0 Å². The van der Waals surface area contributed by atoms with E-state index in [2.05, 4.69) is 32.1 Å². The van der Waals surface area contributed by atoms with E-state index in [1.165, 1.54) is 6.42 Å². The Morgan fingerprint density at radius 2 is 1.88 bits per heavy atom. The van der Waals surface area contributed by atoms with E-state index in [-0.39, 0.29) is 11.8 Å². The highest BCUT2D eigenvalue weighted by Crippen LogP contribution is 2.36. The SMILES string of the molecule is Cc1cccc(C(=O)Nc2cc3cn(C4CCC(C=O)CC4)nc3cc2N2CCCCC2)n1. The first-order chi connectivity index (χ1) is 16.1. The zero-order chi connectivity index (χ0) is 22.8. The van der Waals surface area contributed by atoms with Crippen molar-refractivity contribution in [3.05, 3.63) is 47.9 Å². The summed E-state index contributed by atoms with van der Waals surface area (Å²) in [5.74, 6) is -0.00938. The summed E-state index contributed by atoms with van der Waals surface area (Å²) in [6.45, 7) is 3.85. The number of aldehydes is 1. The van der Waals surface area contributed by atoms with Crippen LogP contribution in [0.15, 0.2) is 36.5 Å². The van der Waals surface area contributed by atoms with Gasteiger partial charge in [-0.25, -0.2) is 4.98 Å². The number of aromatic nitrogens is 3. The highest BCUT2D eigenvalue weighted by molar-refractivity contribution is 6.06. The van der Waals surface area contributed by atoms with E-state index in [4.69, 9.17) is 5.10 Å². The smallest absolute Gasteiger partial charge is 0.274 e. The van der Waals surface area contributed by atoms with Crippen molar-refractivity contribution in [3.8, 4) is 0 Å². The number of nitrogens with one attached hydrogen (secondary N) is 1. The molecule has 0 bridgehead atoms. The van der Waals surface area contributed by atoms with Crippen LogP contribution in [-0.2, 0) is 4.79 Å². The van der Waals surface area contributed by atoms with Crippen LogP contribution in [0.4, 0.5) is 11.4 Å². The van der Waals surface area contributed by atoms with Gasteiger partial charge in [-0.05, 0) is 76.1 Å². The van der Waals surface area contributed by atoms with Crippen molar-refractivity contribution in [1.82, 2.24) is 14.8 Å². The number of nitrogens with zero attached hydrogens (tertiary/aromatic N) is 4. The minimum atomic E-state index is -0.198. The predicted octanol–water partition coefficient (Wildman–Crippen LogP) is 4.91. The van der Waals surface area contributed by atoms with Gasteiger partial charge in [-0.15, -0.1) is 0 Å². The fourth-order valence-electron chi connectivity index (χ4n) is 5.12. The number of hydrogen-bond donors (Lipinski definition) is 1. The van der Waals surface area contributed by atoms with Gasteiger partial charge in [0.1, 0.15) is 12.0 Å². The lowest BCUT2D eigenvalue weighted by molar-refractivity contribution is -0.112. The number of piperidine rings is 1. The third-order valence-corrected chi connectivity index (χ3v) is 7.01. The average molecular weight is 446 g/mol. The maximum absolute atomic E-state index is 13.0. The number of carbonyl (C=O) groups is 2.